The van der Waals surface area contributed by atoms with E-state index in [0.29, 0.717) is 62.7 Å². The van der Waals surface area contributed by atoms with Crippen LogP contribution in [0.3, 0.4) is 0 Å². The number of aromatic amines is 2. The summed E-state index contributed by atoms with van der Waals surface area (Å²) in [6.45, 7) is 10.0. The molecule has 4 amide bonds. The van der Waals surface area contributed by atoms with Gasteiger partial charge >= 0.3 is 12.2 Å². The first kappa shape index (κ1) is 49.3. The zero-order chi connectivity index (χ0) is 48.5. The third-order valence-corrected chi connectivity index (χ3v) is 12.6. The summed E-state index contributed by atoms with van der Waals surface area (Å²) in [4.78, 5) is 72.0. The highest BCUT2D eigenvalue weighted by Crippen LogP contribution is 2.42. The number of fused-ring (bicyclic) bond motifs is 1. The van der Waals surface area contributed by atoms with Crippen molar-refractivity contribution in [2.24, 2.45) is 11.8 Å². The molecule has 7 rings (SSSR count). The number of carbonyl (C=O) groups excluding carboxylic acids is 4. The maximum atomic E-state index is 13.8. The summed E-state index contributed by atoms with van der Waals surface area (Å²) in [6.07, 6.45) is 3.55. The van der Waals surface area contributed by atoms with Crippen LogP contribution >= 0.6 is 0 Å². The molecule has 0 bridgehead atoms. The summed E-state index contributed by atoms with van der Waals surface area (Å²) in [5, 5.41) is 5.42. The molecule has 18 nitrogen and oxygen atoms in total. The molecule has 0 aliphatic carbocycles. The summed E-state index contributed by atoms with van der Waals surface area (Å²) in [7, 11) is 5.82. The largest absolute Gasteiger partial charge is 0.491 e. The SMILES string of the molecule is COCCOc1cc(-c2ccc3nc([C@@H]4CCCN4C(=O)[C@@H](NC(=O)OC)C(C)C)[nH]c3c2)ccc1-c1ccc(-c2cnc([C@@H]3CCCN3C(=O)[C@@H](NC(=O)OC)C(C)C)[nH]2)cc1OCCOC. The molecule has 4 N–H and O–H groups in total. The van der Waals surface area contributed by atoms with Gasteiger partial charge < -0.3 is 58.8 Å². The van der Waals surface area contributed by atoms with Gasteiger partial charge in [0.15, 0.2) is 0 Å². The number of carbonyl (C=O) groups is 4. The van der Waals surface area contributed by atoms with Crippen molar-refractivity contribution in [2.75, 3.05) is 68.0 Å². The highest BCUT2D eigenvalue weighted by molar-refractivity contribution is 5.88. The number of benzene rings is 3. The van der Waals surface area contributed by atoms with Gasteiger partial charge in [-0.1, -0.05) is 45.9 Å². The zero-order valence-corrected chi connectivity index (χ0v) is 40.2. The topological polar surface area (TPSA) is 212 Å². The van der Waals surface area contributed by atoms with Gasteiger partial charge in [0.25, 0.3) is 0 Å². The van der Waals surface area contributed by atoms with Gasteiger partial charge in [-0.3, -0.25) is 9.59 Å². The van der Waals surface area contributed by atoms with Crippen LogP contribution in [0.4, 0.5) is 9.59 Å². The van der Waals surface area contributed by atoms with Crippen LogP contribution in [0.2, 0.25) is 0 Å². The van der Waals surface area contributed by atoms with Crippen molar-refractivity contribution in [1.82, 2.24) is 40.4 Å². The van der Waals surface area contributed by atoms with Crippen molar-refractivity contribution in [3.05, 3.63) is 72.4 Å². The Balaban J connectivity index is 1.16. The van der Waals surface area contributed by atoms with Crippen molar-refractivity contribution in [1.29, 1.82) is 0 Å². The first-order valence-corrected chi connectivity index (χ1v) is 23.2. The molecule has 2 aliphatic rings. The Morgan fingerprint density at radius 3 is 1.68 bits per heavy atom. The second-order valence-corrected chi connectivity index (χ2v) is 17.7. The summed E-state index contributed by atoms with van der Waals surface area (Å²) in [5.41, 5.74) is 6.64. The first-order chi connectivity index (χ1) is 32.8. The van der Waals surface area contributed by atoms with Crippen molar-refractivity contribution in [2.45, 2.75) is 77.5 Å². The van der Waals surface area contributed by atoms with E-state index in [1.807, 2.05) is 82.3 Å². The van der Waals surface area contributed by atoms with E-state index in [2.05, 4.69) is 20.6 Å². The number of hydrogen-bond donors (Lipinski definition) is 4. The summed E-state index contributed by atoms with van der Waals surface area (Å²) in [5.74, 6) is 1.96. The van der Waals surface area contributed by atoms with Crippen LogP contribution in [-0.4, -0.2) is 134 Å². The Hall–Kier alpha value is -6.66. The number of likely N-dealkylation sites (tertiary alicyclic amines) is 2. The van der Waals surface area contributed by atoms with Gasteiger partial charge in [0.2, 0.25) is 11.8 Å². The second kappa shape index (κ2) is 22.4. The smallest absolute Gasteiger partial charge is 0.407 e. The lowest BCUT2D eigenvalue weighted by Gasteiger charge is -2.30. The van der Waals surface area contributed by atoms with Crippen LogP contribution in [0.1, 0.15) is 77.1 Å². The van der Waals surface area contributed by atoms with Crippen LogP contribution in [0, 0.1) is 11.8 Å². The molecule has 68 heavy (non-hydrogen) atoms. The van der Waals surface area contributed by atoms with E-state index in [1.165, 1.54) is 14.2 Å². The number of nitrogens with zero attached hydrogens (tertiary/aromatic N) is 4. The zero-order valence-electron chi connectivity index (χ0n) is 40.2. The monoisotopic (exact) mass is 936 g/mol. The molecule has 4 heterocycles. The Kier molecular flexibility index (Phi) is 16.2. The lowest BCUT2D eigenvalue weighted by atomic mass is 9.97. The van der Waals surface area contributed by atoms with E-state index in [9.17, 15) is 19.2 Å². The van der Waals surface area contributed by atoms with E-state index in [1.54, 1.807) is 30.2 Å². The van der Waals surface area contributed by atoms with Gasteiger partial charge in [-0.2, -0.15) is 0 Å². The van der Waals surface area contributed by atoms with Crippen LogP contribution < -0.4 is 20.1 Å². The number of ether oxygens (including phenoxy) is 6. The average molecular weight is 937 g/mol. The minimum absolute atomic E-state index is 0.140. The standard InChI is InChI=1S/C50H64N8O10/c1-29(2)43(55-49(61)65-7)47(59)57-19-9-11-39(57)45-51-28-38(54-45)33-14-17-35(42(27-33)68-24-22-64-6)34-16-13-32(26-41(34)67-23-21-63-5)31-15-18-36-37(25-31)53-46(52-36)40-12-10-20-58(40)48(60)44(30(3)4)56-50(62)66-8/h13-18,25-30,39-40,43-44H,9-12,19-24H2,1-8H3,(H,51,54)(H,52,53)(H,55,61)(H,56,62)/t39-,40-,43-,44-/m0/s1. The quantitative estimate of drug-likeness (QED) is 0.0596. The van der Waals surface area contributed by atoms with Crippen molar-refractivity contribution >= 4 is 35.0 Å². The predicted octanol–water partition coefficient (Wildman–Crippen LogP) is 7.43. The fourth-order valence-electron chi connectivity index (χ4n) is 8.95. The Labute approximate surface area is 396 Å². The average Bonchev–Trinajstić information content (AvgIpc) is 4.19. The van der Waals surface area contributed by atoms with E-state index in [-0.39, 0.29) is 35.7 Å². The number of aromatic nitrogens is 4. The van der Waals surface area contributed by atoms with E-state index >= 15 is 0 Å². The Bertz CT molecular complexity index is 2560. The highest BCUT2D eigenvalue weighted by atomic mass is 16.5. The normalized spacial score (nSPS) is 16.9. The molecular weight excluding hydrogens is 873 g/mol. The molecule has 2 aromatic heterocycles. The third-order valence-electron chi connectivity index (χ3n) is 12.6. The minimum Gasteiger partial charge on any atom is -0.491 e. The maximum Gasteiger partial charge on any atom is 0.407 e. The Morgan fingerprint density at radius 2 is 1.15 bits per heavy atom. The van der Waals surface area contributed by atoms with Crippen LogP contribution in [0.15, 0.2) is 60.8 Å². The highest BCUT2D eigenvalue weighted by Gasteiger charge is 2.39. The molecule has 0 saturated carbocycles. The molecule has 0 unspecified atom stereocenters. The molecule has 4 atom stereocenters. The Morgan fingerprint density at radius 1 is 0.647 bits per heavy atom. The molecule has 2 fully saturated rings. The lowest BCUT2D eigenvalue weighted by Crippen LogP contribution is -2.51. The number of imidazole rings is 2. The molecule has 0 spiro atoms. The number of hydrogen-bond acceptors (Lipinski definition) is 12. The summed E-state index contributed by atoms with van der Waals surface area (Å²) >= 11 is 0. The van der Waals surface area contributed by atoms with E-state index in [0.717, 1.165) is 70.2 Å². The molecule has 2 aliphatic heterocycles. The maximum absolute atomic E-state index is 13.8. The van der Waals surface area contributed by atoms with Gasteiger partial charge in [-0.25, -0.2) is 19.6 Å². The van der Waals surface area contributed by atoms with Gasteiger partial charge in [-0.15, -0.1) is 0 Å². The third kappa shape index (κ3) is 11.0. The summed E-state index contributed by atoms with van der Waals surface area (Å²) in [6, 6.07) is 16.0. The number of rotatable bonds is 19. The van der Waals surface area contributed by atoms with Crippen molar-refractivity contribution in [3.8, 4) is 45.0 Å². The first-order valence-electron chi connectivity index (χ1n) is 23.2. The number of nitrogens with one attached hydrogen (secondary N) is 4. The van der Waals surface area contributed by atoms with Gasteiger partial charge in [-0.05, 0) is 85.0 Å². The van der Waals surface area contributed by atoms with Crippen molar-refractivity contribution < 1.29 is 47.6 Å². The number of amides is 4. The van der Waals surface area contributed by atoms with Gasteiger partial charge in [0, 0.05) is 44.0 Å². The van der Waals surface area contributed by atoms with Crippen LogP contribution in [0.5, 0.6) is 11.5 Å². The molecule has 18 heteroatoms. The fraction of sp³-hybridized carbons (Fsp3) is 0.480. The minimum atomic E-state index is -0.737. The predicted molar refractivity (Wildman–Crippen MR) is 255 cm³/mol. The van der Waals surface area contributed by atoms with Gasteiger partial charge in [0.05, 0.1) is 62.4 Å². The molecule has 0 radical (unpaired) electrons. The molecule has 2 saturated heterocycles. The molecule has 364 valence electrons. The molecule has 3 aromatic carbocycles. The number of H-pyrrole nitrogens is 2. The van der Waals surface area contributed by atoms with Crippen LogP contribution in [0.25, 0.3) is 44.5 Å². The van der Waals surface area contributed by atoms with E-state index < -0.39 is 24.3 Å². The van der Waals surface area contributed by atoms with E-state index in [4.69, 9.17) is 38.4 Å². The number of methoxy groups -OCH3 is 4. The molecular formula is C50H64N8O10. The second-order valence-electron chi connectivity index (χ2n) is 17.7. The lowest BCUT2D eigenvalue weighted by molar-refractivity contribution is -0.136. The number of alkyl carbamates (subject to hydrolysis) is 2. The fourth-order valence-corrected chi connectivity index (χ4v) is 8.95. The summed E-state index contributed by atoms with van der Waals surface area (Å²) < 4.78 is 33.1. The molecule has 5 aromatic rings. The van der Waals surface area contributed by atoms with Crippen molar-refractivity contribution in [3.63, 3.8) is 0 Å². The van der Waals surface area contributed by atoms with Gasteiger partial charge in [0.1, 0.15) is 48.4 Å². The van der Waals surface area contributed by atoms with Crippen LogP contribution in [-0.2, 0) is 28.5 Å².